The second-order valence-electron chi connectivity index (χ2n) is 13.4. The average Bonchev–Trinajstić information content (AvgIpc) is 3.97. The Labute approximate surface area is 504 Å². The van der Waals surface area contributed by atoms with Gasteiger partial charge >= 0.3 is 143 Å². The van der Waals surface area contributed by atoms with Crippen molar-refractivity contribution in [2.24, 2.45) is 0 Å². The van der Waals surface area contributed by atoms with Crippen molar-refractivity contribution in [1.82, 2.24) is 20.7 Å². The summed E-state index contributed by atoms with van der Waals surface area (Å²) >= 11 is 8.98. The van der Waals surface area contributed by atoms with Crippen LogP contribution < -0.4 is 153 Å². The van der Waals surface area contributed by atoms with Crippen molar-refractivity contribution in [2.75, 3.05) is 13.2 Å². The number of hydrogen-bond acceptors (Lipinski definition) is 9. The van der Waals surface area contributed by atoms with E-state index >= 15 is 0 Å². The molecule has 3 heterocycles. The summed E-state index contributed by atoms with van der Waals surface area (Å²) in [4.78, 5) is 36.5. The Morgan fingerprint density at radius 2 is 1.20 bits per heavy atom. The van der Waals surface area contributed by atoms with E-state index in [9.17, 15) is 14.7 Å². The van der Waals surface area contributed by atoms with Crippen LogP contribution in [0.5, 0.6) is 17.2 Å². The molecule has 0 aliphatic heterocycles. The van der Waals surface area contributed by atoms with Gasteiger partial charge in [0.25, 0.3) is 6.47 Å². The van der Waals surface area contributed by atoms with Crippen LogP contribution >= 0.6 is 23.2 Å². The van der Waals surface area contributed by atoms with Crippen molar-refractivity contribution < 1.29 is 174 Å². The number of carbonyl (C=O) groups excluding carboxylic acids is 3. The first kappa shape index (κ1) is 63.2. The van der Waals surface area contributed by atoms with E-state index in [1.54, 1.807) is 18.2 Å². The van der Waals surface area contributed by atoms with Gasteiger partial charge in [0.05, 0.1) is 5.52 Å². The SMILES string of the molecule is C=CCOc1cccc2[nH]c(C)cc12.C=CCOc1cccc2c1cc(C)n2Cc1ccccc1-c1ccccc1.Cc1cc2c(O)cccc2[nH]1.N.O=C(Cl)C(=O)Cl.O=CO[O-].[H-].[H-].[K+].[K+].[Na+]. The molecule has 0 bridgehead atoms. The number of carbonyl (C=O) groups is 3. The smallest absolute Gasteiger partial charge is 1.00 e. The number of fused-ring (bicyclic) bond motifs is 3. The number of aromatic nitrogens is 3. The van der Waals surface area contributed by atoms with Gasteiger partial charge in [0, 0.05) is 50.8 Å². The summed E-state index contributed by atoms with van der Waals surface area (Å²) in [6, 6.07) is 43.1. The number of phenolic OH excluding ortho intramolecular Hbond substituents is 1. The second-order valence-corrected chi connectivity index (χ2v) is 14.1. The number of rotatable bonds is 11. The molecule has 332 valence electrons. The third-order valence-corrected chi connectivity index (χ3v) is 9.43. The molecule has 12 nitrogen and oxygen atoms in total. The van der Waals surface area contributed by atoms with Crippen LogP contribution in [0.25, 0.3) is 43.8 Å². The van der Waals surface area contributed by atoms with Gasteiger partial charge in [0.2, 0.25) is 0 Å². The zero-order valence-electron chi connectivity index (χ0n) is 40.1. The van der Waals surface area contributed by atoms with Crippen LogP contribution in [0, 0.1) is 20.8 Å². The first-order valence-electron chi connectivity index (χ1n) is 19.1. The zero-order valence-corrected chi connectivity index (χ0v) is 47.9. The van der Waals surface area contributed by atoms with Crippen LogP contribution in [0.2, 0.25) is 0 Å². The number of aromatic hydroxyl groups is 1. The third kappa shape index (κ3) is 19.3. The monoisotopic (exact) mass is 994 g/mol. The maximum atomic E-state index is 9.43. The summed E-state index contributed by atoms with van der Waals surface area (Å²) in [5.41, 5.74) is 10.6. The number of H-pyrrole nitrogens is 2. The fourth-order valence-electron chi connectivity index (χ4n) is 6.42. The summed E-state index contributed by atoms with van der Waals surface area (Å²) in [5, 5.41) is 18.7. The number of halogens is 2. The van der Waals surface area contributed by atoms with Gasteiger partial charge in [-0.2, -0.15) is 0 Å². The van der Waals surface area contributed by atoms with Crippen molar-refractivity contribution in [3.63, 3.8) is 0 Å². The molecule has 17 heteroatoms. The van der Waals surface area contributed by atoms with Crippen LogP contribution in [0.4, 0.5) is 0 Å². The van der Waals surface area contributed by atoms with E-state index in [0.29, 0.717) is 19.0 Å². The molecule has 66 heavy (non-hydrogen) atoms. The van der Waals surface area contributed by atoms with Crippen LogP contribution in [0.15, 0.2) is 153 Å². The third-order valence-electron chi connectivity index (χ3n) is 8.99. The molecule has 8 aromatic rings. The van der Waals surface area contributed by atoms with Gasteiger partial charge in [-0.1, -0.05) is 98.1 Å². The number of phenols is 1. The van der Waals surface area contributed by atoms with Gasteiger partial charge in [-0.15, -0.1) is 0 Å². The second kappa shape index (κ2) is 33.6. The van der Waals surface area contributed by atoms with Crippen LogP contribution in [0.3, 0.4) is 0 Å². The van der Waals surface area contributed by atoms with Crippen molar-refractivity contribution in [1.29, 1.82) is 0 Å². The number of benzene rings is 5. The van der Waals surface area contributed by atoms with Crippen LogP contribution in [-0.2, 0) is 25.8 Å². The zero-order chi connectivity index (χ0) is 45.0. The number of aromatic amines is 2. The Bertz CT molecular complexity index is 2760. The molecule has 3 aromatic heterocycles. The predicted octanol–water partition coefficient (Wildman–Crippen LogP) is 1.80. The molecule has 5 aromatic carbocycles. The minimum Gasteiger partial charge on any atom is -1.00 e. The number of nitrogens with zero attached hydrogens (tertiary/aromatic N) is 1. The van der Waals surface area contributed by atoms with E-state index in [2.05, 4.69) is 142 Å². The Hall–Kier alpha value is -2.82. The van der Waals surface area contributed by atoms with E-state index < -0.39 is 10.5 Å². The average molecular weight is 996 g/mol. The molecule has 0 aliphatic carbocycles. The summed E-state index contributed by atoms with van der Waals surface area (Å²) in [6.07, 6.45) is 3.52. The quantitative estimate of drug-likeness (QED) is 0.0285. The van der Waals surface area contributed by atoms with Gasteiger partial charge in [0.15, 0.2) is 0 Å². The van der Waals surface area contributed by atoms with E-state index in [1.165, 1.54) is 27.9 Å². The van der Waals surface area contributed by atoms with E-state index in [1.807, 2.05) is 56.3 Å². The molecule has 0 spiro atoms. The fourth-order valence-corrected chi connectivity index (χ4v) is 6.42. The van der Waals surface area contributed by atoms with Gasteiger partial charge in [0.1, 0.15) is 30.5 Å². The topological polar surface area (TPSA) is 194 Å². The van der Waals surface area contributed by atoms with Gasteiger partial charge in [-0.3, -0.25) is 14.4 Å². The molecule has 8 rings (SSSR count). The first-order valence-corrected chi connectivity index (χ1v) is 19.8. The molecule has 0 saturated heterocycles. The summed E-state index contributed by atoms with van der Waals surface area (Å²) in [7, 11) is 0. The normalized spacial score (nSPS) is 9.42. The Morgan fingerprint density at radius 1 is 0.712 bits per heavy atom. The summed E-state index contributed by atoms with van der Waals surface area (Å²) in [6.45, 7) is 15.2. The molecule has 0 fully saturated rings. The maximum Gasteiger partial charge on any atom is 1.00 e. The number of nitrogens with one attached hydrogen (secondary N) is 2. The van der Waals surface area contributed by atoms with Crippen LogP contribution in [0.1, 0.15) is 25.5 Å². The number of hydrogen-bond donors (Lipinski definition) is 4. The van der Waals surface area contributed by atoms with E-state index in [4.69, 9.17) is 19.5 Å². The maximum absolute atomic E-state index is 9.43. The van der Waals surface area contributed by atoms with Crippen LogP contribution in [-0.4, -0.2) is 49.8 Å². The van der Waals surface area contributed by atoms with Gasteiger partial charge in [-0.25, -0.2) is 0 Å². The fraction of sp³-hybridized carbons (Fsp3) is 0.122. The Kier molecular flexibility index (Phi) is 32.2. The summed E-state index contributed by atoms with van der Waals surface area (Å²) in [5.74, 6) is 2.16. The van der Waals surface area contributed by atoms with Crippen molar-refractivity contribution in [3.8, 4) is 28.4 Å². The minimum atomic E-state index is -1.14. The van der Waals surface area contributed by atoms with E-state index in [0.717, 1.165) is 56.6 Å². The minimum absolute atomic E-state index is 0. The van der Waals surface area contributed by atoms with Gasteiger partial charge < -0.3 is 48.3 Å². The molecule has 0 unspecified atom stereocenters. The standard InChI is InChI=1S/C25H23NO.C12H13NO.C9H9NO.C2Cl2O2.CH2O3.2K.H3N.Na.2H/c1-3-16-27-25-15-9-14-24-23(25)17-19(2)26(24)18-21-12-7-8-13-22(21)20-10-5-4-6-11-20;1-3-7-14-12-6-4-5-11-10(12)8-9(2)13-11;1-6-5-7-8(10-6)3-2-4-9(7)11;3-1(5)2(4)6;2-1-4-3;;;;;;/h3-15,17H,1,16,18H2,2H3;3-6,8,13H,1,7H2,2H3;2-5,10-11H,1H3;;1,3H;;;1H3;;;/q;;;;;2*+1;;+1;2*-1/p-1. The number of ether oxygens (including phenoxy) is 2. The molecule has 0 saturated carbocycles. The Morgan fingerprint density at radius 3 is 1.73 bits per heavy atom. The van der Waals surface area contributed by atoms with Gasteiger partial charge in [-0.05, 0) is 115 Å². The molecule has 6 N–H and O–H groups in total. The largest absolute Gasteiger partial charge is 1.00 e. The van der Waals surface area contributed by atoms with Crippen molar-refractivity contribution in [2.45, 2.75) is 27.3 Å². The van der Waals surface area contributed by atoms with E-state index in [-0.39, 0.29) is 148 Å². The molecule has 0 amide bonds. The number of aryl methyl sites for hydroxylation is 3. The Balaban J connectivity index is -0.000000876. The first-order chi connectivity index (χ1) is 29.9. The molecular formula is C49H51Cl2K2N4NaO8. The van der Waals surface area contributed by atoms with Crippen molar-refractivity contribution >= 4 is 72.9 Å². The van der Waals surface area contributed by atoms with Crippen molar-refractivity contribution in [3.05, 3.63) is 175 Å². The molecule has 0 radical (unpaired) electrons. The predicted molar refractivity (Wildman–Crippen MR) is 253 cm³/mol. The summed E-state index contributed by atoms with van der Waals surface area (Å²) < 4.78 is 13.8. The molecule has 0 aliphatic rings. The molecule has 0 atom stereocenters. The molecular weight excluding hydrogens is 945 g/mol.